The predicted molar refractivity (Wildman–Crippen MR) is 103 cm³/mol. The number of benzene rings is 1. The van der Waals surface area contributed by atoms with Crippen molar-refractivity contribution in [3.8, 4) is 0 Å². The maximum Gasteiger partial charge on any atom is 0.338 e. The van der Waals surface area contributed by atoms with Crippen molar-refractivity contribution in [1.82, 2.24) is 0 Å². The molecular formula is C23H30O3. The van der Waals surface area contributed by atoms with Gasteiger partial charge in [-0.3, -0.25) is 0 Å². The minimum absolute atomic E-state index is 0.0331. The van der Waals surface area contributed by atoms with Crippen LogP contribution in [0.5, 0.6) is 0 Å². The quantitative estimate of drug-likeness (QED) is 0.414. The number of aldehydes is 1. The number of hydrogen-bond donors (Lipinski definition) is 0. The lowest BCUT2D eigenvalue weighted by Crippen LogP contribution is -2.53. The molecule has 1 fully saturated rings. The summed E-state index contributed by atoms with van der Waals surface area (Å²) in [5.74, 6) is 0.617. The number of ether oxygens (including phenoxy) is 1. The van der Waals surface area contributed by atoms with Crippen LogP contribution in [-0.4, -0.2) is 18.9 Å². The van der Waals surface area contributed by atoms with E-state index < -0.39 is 0 Å². The molecule has 4 atom stereocenters. The van der Waals surface area contributed by atoms with E-state index in [0.29, 0.717) is 30.4 Å². The van der Waals surface area contributed by atoms with E-state index in [1.54, 1.807) is 12.1 Å². The van der Waals surface area contributed by atoms with Gasteiger partial charge in [0, 0.05) is 11.8 Å². The lowest BCUT2D eigenvalue weighted by atomic mass is 9.47. The largest absolute Gasteiger partial charge is 0.461 e. The Hall–Kier alpha value is -1.90. The van der Waals surface area contributed by atoms with Crippen molar-refractivity contribution in [1.29, 1.82) is 0 Å². The summed E-state index contributed by atoms with van der Waals surface area (Å²) in [6, 6.07) is 9.19. The molecule has 0 aromatic heterocycles. The van der Waals surface area contributed by atoms with E-state index in [1.807, 2.05) is 18.2 Å². The molecule has 1 aromatic carbocycles. The summed E-state index contributed by atoms with van der Waals surface area (Å²) >= 11 is 0. The summed E-state index contributed by atoms with van der Waals surface area (Å²) < 4.78 is 5.84. The van der Waals surface area contributed by atoms with Gasteiger partial charge in [0.1, 0.15) is 12.9 Å². The van der Waals surface area contributed by atoms with Gasteiger partial charge in [-0.15, -0.1) is 0 Å². The highest BCUT2D eigenvalue weighted by Crippen LogP contribution is 2.61. The molecule has 140 valence electrons. The average Bonchev–Trinajstić information content (AvgIpc) is 2.65. The standard InChI is InChI=1S/C23H30O3/c1-17-12-13-23(16-26-21(25)19-9-5-4-6-10-19)18(2)8-7-11-20(23)22(17,3)14-15-24/h4-6,8-10,15,17,20H,7,11-14,16H2,1-3H3/t17-,20+,22-,23-/m1/s1. The van der Waals surface area contributed by atoms with E-state index in [2.05, 4.69) is 26.8 Å². The number of esters is 1. The number of carbonyl (C=O) groups is 2. The molecule has 3 heteroatoms. The second kappa shape index (κ2) is 7.38. The van der Waals surface area contributed by atoms with E-state index in [4.69, 9.17) is 4.74 Å². The van der Waals surface area contributed by atoms with Gasteiger partial charge >= 0.3 is 5.97 Å². The van der Waals surface area contributed by atoms with Crippen LogP contribution in [0.25, 0.3) is 0 Å². The van der Waals surface area contributed by atoms with Crippen LogP contribution in [-0.2, 0) is 9.53 Å². The maximum absolute atomic E-state index is 12.5. The van der Waals surface area contributed by atoms with Gasteiger partial charge < -0.3 is 9.53 Å². The molecule has 0 radical (unpaired) electrons. The number of hydrogen-bond acceptors (Lipinski definition) is 3. The fourth-order valence-electron chi connectivity index (χ4n) is 5.36. The summed E-state index contributed by atoms with van der Waals surface area (Å²) in [4.78, 5) is 24.0. The van der Waals surface area contributed by atoms with Gasteiger partial charge in [-0.25, -0.2) is 4.79 Å². The van der Waals surface area contributed by atoms with E-state index in [0.717, 1.165) is 32.0 Å². The van der Waals surface area contributed by atoms with Crippen LogP contribution < -0.4 is 0 Å². The monoisotopic (exact) mass is 354 g/mol. The fraction of sp³-hybridized carbons (Fsp3) is 0.565. The molecule has 2 aliphatic rings. The molecule has 0 saturated heterocycles. The SMILES string of the molecule is CC1=CCC[C@@H]2[C@@]1(COC(=O)c1ccccc1)CC[C@@H](C)[C@@]2(C)CC=O. The molecule has 3 rings (SSSR count). The molecule has 0 bridgehead atoms. The molecular weight excluding hydrogens is 324 g/mol. The van der Waals surface area contributed by atoms with Crippen molar-refractivity contribution in [2.75, 3.05) is 6.61 Å². The Morgan fingerprint density at radius 1 is 1.27 bits per heavy atom. The summed E-state index contributed by atoms with van der Waals surface area (Å²) in [6.45, 7) is 7.13. The zero-order chi connectivity index (χ0) is 18.8. The topological polar surface area (TPSA) is 43.4 Å². The Balaban J connectivity index is 1.88. The second-order valence-electron chi connectivity index (χ2n) is 8.43. The van der Waals surface area contributed by atoms with E-state index >= 15 is 0 Å². The van der Waals surface area contributed by atoms with Crippen LogP contribution in [0.2, 0.25) is 0 Å². The highest BCUT2D eigenvalue weighted by atomic mass is 16.5. The van der Waals surface area contributed by atoms with Crippen molar-refractivity contribution >= 4 is 12.3 Å². The van der Waals surface area contributed by atoms with Crippen molar-refractivity contribution in [3.63, 3.8) is 0 Å². The molecule has 1 saturated carbocycles. The van der Waals surface area contributed by atoms with Crippen molar-refractivity contribution in [2.24, 2.45) is 22.7 Å². The zero-order valence-electron chi connectivity index (χ0n) is 16.2. The third-order valence-electron chi connectivity index (χ3n) is 7.30. The van der Waals surface area contributed by atoms with Crippen molar-refractivity contribution in [3.05, 3.63) is 47.5 Å². The summed E-state index contributed by atoms with van der Waals surface area (Å²) in [5.41, 5.74) is 1.76. The van der Waals surface area contributed by atoms with Crippen LogP contribution in [0.3, 0.4) is 0 Å². The Bertz CT molecular complexity index is 693. The Morgan fingerprint density at radius 3 is 2.69 bits per heavy atom. The molecule has 0 amide bonds. The maximum atomic E-state index is 12.5. The van der Waals surface area contributed by atoms with Crippen LogP contribution in [0.1, 0.15) is 63.2 Å². The molecule has 0 heterocycles. The molecule has 2 aliphatic carbocycles. The van der Waals surface area contributed by atoms with Crippen LogP contribution in [0.15, 0.2) is 42.0 Å². The lowest BCUT2D eigenvalue weighted by Gasteiger charge is -2.58. The van der Waals surface area contributed by atoms with Gasteiger partial charge in [-0.05, 0) is 62.0 Å². The third kappa shape index (κ3) is 3.13. The fourth-order valence-corrected chi connectivity index (χ4v) is 5.36. The second-order valence-corrected chi connectivity index (χ2v) is 8.43. The van der Waals surface area contributed by atoms with Crippen LogP contribution in [0.4, 0.5) is 0 Å². The first-order valence-electron chi connectivity index (χ1n) is 9.77. The van der Waals surface area contributed by atoms with Crippen LogP contribution in [0, 0.1) is 22.7 Å². The van der Waals surface area contributed by atoms with Gasteiger partial charge in [0.05, 0.1) is 5.56 Å². The first-order chi connectivity index (χ1) is 12.4. The first-order valence-corrected chi connectivity index (χ1v) is 9.77. The smallest absolute Gasteiger partial charge is 0.338 e. The normalized spacial score (nSPS) is 33.7. The van der Waals surface area contributed by atoms with Gasteiger partial charge in [0.2, 0.25) is 0 Å². The third-order valence-corrected chi connectivity index (χ3v) is 7.30. The Labute approximate surface area is 156 Å². The number of fused-ring (bicyclic) bond motifs is 1. The van der Waals surface area contributed by atoms with Crippen LogP contribution >= 0.6 is 0 Å². The predicted octanol–water partition coefficient (Wildman–Crippen LogP) is 5.21. The molecule has 26 heavy (non-hydrogen) atoms. The summed E-state index contributed by atoms with van der Waals surface area (Å²) in [6.07, 6.45) is 8.18. The molecule has 0 unspecified atom stereocenters. The molecule has 0 N–H and O–H groups in total. The summed E-state index contributed by atoms with van der Waals surface area (Å²) in [7, 11) is 0. The number of allylic oxidation sites excluding steroid dienone is 1. The highest BCUT2D eigenvalue weighted by molar-refractivity contribution is 5.89. The minimum Gasteiger partial charge on any atom is -0.461 e. The van der Waals surface area contributed by atoms with Gasteiger partial charge in [-0.2, -0.15) is 0 Å². The average molecular weight is 354 g/mol. The Morgan fingerprint density at radius 2 is 2.00 bits per heavy atom. The Kier molecular flexibility index (Phi) is 5.36. The minimum atomic E-state index is -0.257. The highest BCUT2D eigenvalue weighted by Gasteiger charge is 2.55. The van der Waals surface area contributed by atoms with Crippen molar-refractivity contribution < 1.29 is 14.3 Å². The number of rotatable bonds is 5. The zero-order valence-corrected chi connectivity index (χ0v) is 16.2. The summed E-state index contributed by atoms with van der Waals surface area (Å²) in [5, 5.41) is 0. The van der Waals surface area contributed by atoms with Gasteiger partial charge in [-0.1, -0.05) is 43.7 Å². The lowest BCUT2D eigenvalue weighted by molar-refractivity contribution is -0.119. The van der Waals surface area contributed by atoms with E-state index in [1.165, 1.54) is 5.57 Å². The molecule has 0 aliphatic heterocycles. The molecule has 3 nitrogen and oxygen atoms in total. The van der Waals surface area contributed by atoms with Crippen molar-refractivity contribution in [2.45, 2.75) is 52.9 Å². The number of carbonyl (C=O) groups excluding carboxylic acids is 2. The van der Waals surface area contributed by atoms with E-state index in [-0.39, 0.29) is 16.8 Å². The molecule has 1 aromatic rings. The van der Waals surface area contributed by atoms with Gasteiger partial charge in [0.25, 0.3) is 0 Å². The first kappa shape index (κ1) is 18.9. The van der Waals surface area contributed by atoms with E-state index in [9.17, 15) is 9.59 Å². The van der Waals surface area contributed by atoms with Gasteiger partial charge in [0.15, 0.2) is 0 Å². The molecule has 0 spiro atoms.